The summed E-state index contributed by atoms with van der Waals surface area (Å²) < 4.78 is 11.4. The van der Waals surface area contributed by atoms with Gasteiger partial charge in [-0.3, -0.25) is 4.79 Å². The molecule has 148 valence electrons. The van der Waals surface area contributed by atoms with E-state index in [0.29, 0.717) is 24.9 Å². The zero-order valence-corrected chi connectivity index (χ0v) is 16.9. The molecule has 4 heteroatoms. The summed E-state index contributed by atoms with van der Waals surface area (Å²) in [5, 5.41) is 3.44. The fourth-order valence-corrected chi connectivity index (χ4v) is 6.39. The van der Waals surface area contributed by atoms with Crippen LogP contribution in [0.2, 0.25) is 0 Å². The first-order valence-corrected chi connectivity index (χ1v) is 10.4. The fourth-order valence-electron chi connectivity index (χ4n) is 6.39. The van der Waals surface area contributed by atoms with Crippen molar-refractivity contribution in [2.75, 3.05) is 20.3 Å². The van der Waals surface area contributed by atoms with E-state index in [1.807, 2.05) is 0 Å². The monoisotopic (exact) mass is 371 g/mol. The van der Waals surface area contributed by atoms with Crippen LogP contribution in [0.15, 0.2) is 30.3 Å². The summed E-state index contributed by atoms with van der Waals surface area (Å²) >= 11 is 0. The second-order valence-corrected chi connectivity index (χ2v) is 9.39. The standard InChI is InChI=1S/C23H33NO3/c1-22(2)17-14-18-19(13-16-7-5-4-6-8-16)27-12-10-23(18,15-17)21(22)24-20(25)9-11-26-3/h4-8,17-19,21H,9-15H2,1-3H3,(H,24,25)/t17-,18-,19-,21+,23?/m1/s1. The molecule has 1 N–H and O–H groups in total. The Morgan fingerprint density at radius 1 is 1.30 bits per heavy atom. The van der Waals surface area contributed by atoms with Gasteiger partial charge in [0, 0.05) is 26.2 Å². The second-order valence-electron chi connectivity index (χ2n) is 9.39. The Balaban J connectivity index is 1.56. The number of amides is 1. The molecule has 4 nitrogen and oxygen atoms in total. The van der Waals surface area contributed by atoms with E-state index in [1.54, 1.807) is 7.11 Å². The predicted octanol–water partition coefficient (Wildman–Crippen LogP) is 3.59. The molecule has 27 heavy (non-hydrogen) atoms. The van der Waals surface area contributed by atoms with Crippen LogP contribution in [0, 0.1) is 22.7 Å². The molecule has 4 rings (SSSR count). The van der Waals surface area contributed by atoms with E-state index < -0.39 is 0 Å². The van der Waals surface area contributed by atoms with Gasteiger partial charge in [-0.1, -0.05) is 44.2 Å². The average molecular weight is 372 g/mol. The minimum atomic E-state index is 0.127. The molecule has 0 aromatic heterocycles. The maximum atomic E-state index is 12.5. The van der Waals surface area contributed by atoms with Crippen LogP contribution >= 0.6 is 0 Å². The van der Waals surface area contributed by atoms with Crippen LogP contribution in [0.4, 0.5) is 0 Å². The van der Waals surface area contributed by atoms with Gasteiger partial charge >= 0.3 is 0 Å². The molecular weight excluding hydrogens is 338 g/mol. The summed E-state index contributed by atoms with van der Waals surface area (Å²) in [5.41, 5.74) is 1.69. The van der Waals surface area contributed by atoms with Crippen molar-refractivity contribution in [2.24, 2.45) is 22.7 Å². The van der Waals surface area contributed by atoms with Crippen molar-refractivity contribution >= 4 is 5.91 Å². The van der Waals surface area contributed by atoms with Crippen molar-refractivity contribution in [1.82, 2.24) is 5.32 Å². The normalized spacial score (nSPS) is 36.4. The summed E-state index contributed by atoms with van der Waals surface area (Å²) in [7, 11) is 1.65. The third-order valence-corrected chi connectivity index (χ3v) is 7.74. The molecule has 5 atom stereocenters. The van der Waals surface area contributed by atoms with Crippen LogP contribution in [0.5, 0.6) is 0 Å². The van der Waals surface area contributed by atoms with Crippen molar-refractivity contribution in [1.29, 1.82) is 0 Å². The summed E-state index contributed by atoms with van der Waals surface area (Å²) in [4.78, 5) is 12.5. The van der Waals surface area contributed by atoms with Crippen molar-refractivity contribution in [2.45, 2.75) is 58.1 Å². The van der Waals surface area contributed by atoms with Gasteiger partial charge in [-0.25, -0.2) is 0 Å². The molecule has 1 aromatic rings. The topological polar surface area (TPSA) is 47.6 Å². The van der Waals surface area contributed by atoms with E-state index in [2.05, 4.69) is 49.5 Å². The number of hydrogen-bond donors (Lipinski definition) is 1. The van der Waals surface area contributed by atoms with Gasteiger partial charge in [-0.05, 0) is 53.9 Å². The molecular formula is C23H33NO3. The molecule has 1 amide bonds. The Morgan fingerprint density at radius 3 is 2.81 bits per heavy atom. The Kier molecular flexibility index (Phi) is 5.06. The second kappa shape index (κ2) is 7.21. The number of hydrogen-bond acceptors (Lipinski definition) is 3. The highest BCUT2D eigenvalue weighted by Crippen LogP contribution is 2.68. The predicted molar refractivity (Wildman–Crippen MR) is 105 cm³/mol. The number of methoxy groups -OCH3 is 1. The summed E-state index contributed by atoms with van der Waals surface area (Å²) in [6.45, 7) is 6.00. The molecule has 0 radical (unpaired) electrons. The summed E-state index contributed by atoms with van der Waals surface area (Å²) in [5.74, 6) is 1.33. The number of carbonyl (C=O) groups is 1. The lowest BCUT2D eigenvalue weighted by Crippen LogP contribution is -2.60. The molecule has 1 saturated heterocycles. The smallest absolute Gasteiger partial charge is 0.222 e. The van der Waals surface area contributed by atoms with Crippen LogP contribution in [-0.2, 0) is 20.7 Å². The first-order valence-electron chi connectivity index (χ1n) is 10.4. The summed E-state index contributed by atoms with van der Waals surface area (Å²) in [6, 6.07) is 10.9. The average Bonchev–Trinajstić information content (AvgIpc) is 3.15. The van der Waals surface area contributed by atoms with E-state index in [-0.39, 0.29) is 28.9 Å². The number of carbonyl (C=O) groups excluding carboxylic acids is 1. The van der Waals surface area contributed by atoms with Crippen LogP contribution < -0.4 is 5.32 Å². The molecule has 1 heterocycles. The van der Waals surface area contributed by atoms with Gasteiger partial charge in [-0.2, -0.15) is 0 Å². The first-order chi connectivity index (χ1) is 13.0. The number of ether oxygens (including phenoxy) is 2. The van der Waals surface area contributed by atoms with E-state index >= 15 is 0 Å². The highest BCUT2D eigenvalue weighted by atomic mass is 16.5. The van der Waals surface area contributed by atoms with E-state index in [1.165, 1.54) is 18.4 Å². The SMILES string of the molecule is COCCC(=O)N[C@H]1C(C)(C)[C@@H]2C[C@@H]3[C@@H](Cc4ccccc4)OCCC31C2. The van der Waals surface area contributed by atoms with Crippen molar-refractivity contribution in [3.63, 3.8) is 0 Å². The Morgan fingerprint density at radius 2 is 2.07 bits per heavy atom. The molecule has 2 aliphatic carbocycles. The molecule has 2 bridgehead atoms. The zero-order valence-electron chi connectivity index (χ0n) is 16.9. The largest absolute Gasteiger partial charge is 0.384 e. The molecule has 1 unspecified atom stereocenters. The molecule has 2 saturated carbocycles. The number of rotatable bonds is 6. The third-order valence-electron chi connectivity index (χ3n) is 7.74. The Hall–Kier alpha value is -1.39. The molecule has 1 spiro atoms. The van der Waals surface area contributed by atoms with Gasteiger partial charge in [-0.15, -0.1) is 0 Å². The van der Waals surface area contributed by atoms with E-state index in [0.717, 1.165) is 19.4 Å². The van der Waals surface area contributed by atoms with Gasteiger partial charge in [0.15, 0.2) is 0 Å². The van der Waals surface area contributed by atoms with Gasteiger partial charge < -0.3 is 14.8 Å². The van der Waals surface area contributed by atoms with Gasteiger partial charge in [0.05, 0.1) is 12.7 Å². The lowest BCUT2D eigenvalue weighted by molar-refractivity contribution is -0.136. The maximum Gasteiger partial charge on any atom is 0.222 e. The summed E-state index contributed by atoms with van der Waals surface area (Å²) in [6.07, 6.45) is 5.21. The van der Waals surface area contributed by atoms with Gasteiger partial charge in [0.2, 0.25) is 5.91 Å². The lowest BCUT2D eigenvalue weighted by Gasteiger charge is -2.53. The maximum absolute atomic E-state index is 12.5. The third kappa shape index (κ3) is 3.21. The van der Waals surface area contributed by atoms with E-state index in [4.69, 9.17) is 9.47 Å². The van der Waals surface area contributed by atoms with Crippen LogP contribution in [0.25, 0.3) is 0 Å². The van der Waals surface area contributed by atoms with Crippen molar-refractivity contribution < 1.29 is 14.3 Å². The Bertz CT molecular complexity index is 673. The number of fused-ring (bicyclic) bond motifs is 1. The molecule has 1 aliphatic heterocycles. The molecule has 3 fully saturated rings. The Labute approximate surface area is 163 Å². The minimum absolute atomic E-state index is 0.127. The highest BCUT2D eigenvalue weighted by molar-refractivity contribution is 5.76. The number of nitrogens with one attached hydrogen (secondary N) is 1. The van der Waals surface area contributed by atoms with Gasteiger partial charge in [0.1, 0.15) is 0 Å². The quantitative estimate of drug-likeness (QED) is 0.831. The molecule has 3 aliphatic rings. The highest BCUT2D eigenvalue weighted by Gasteiger charge is 2.68. The number of benzene rings is 1. The van der Waals surface area contributed by atoms with Gasteiger partial charge in [0.25, 0.3) is 0 Å². The lowest BCUT2D eigenvalue weighted by atomic mass is 9.59. The van der Waals surface area contributed by atoms with Crippen LogP contribution in [0.1, 0.15) is 45.1 Å². The van der Waals surface area contributed by atoms with E-state index in [9.17, 15) is 4.79 Å². The minimum Gasteiger partial charge on any atom is -0.384 e. The van der Waals surface area contributed by atoms with Crippen molar-refractivity contribution in [3.05, 3.63) is 35.9 Å². The van der Waals surface area contributed by atoms with Crippen LogP contribution in [-0.4, -0.2) is 38.4 Å². The van der Waals surface area contributed by atoms with Crippen LogP contribution in [0.3, 0.4) is 0 Å². The zero-order chi connectivity index (χ0) is 19.1. The first kappa shape index (κ1) is 18.9. The molecule has 1 aromatic carbocycles. The fraction of sp³-hybridized carbons (Fsp3) is 0.696. The van der Waals surface area contributed by atoms with Crippen molar-refractivity contribution in [3.8, 4) is 0 Å².